The normalized spacial score (nSPS) is 15.8. The van der Waals surface area contributed by atoms with Crippen molar-refractivity contribution in [2.45, 2.75) is 32.2 Å². The average Bonchev–Trinajstić information content (AvgIpc) is 3.54. The number of pyridine rings is 1. The first kappa shape index (κ1) is 23.0. The van der Waals surface area contributed by atoms with Gasteiger partial charge in [0.25, 0.3) is 5.91 Å². The van der Waals surface area contributed by atoms with Crippen LogP contribution in [0.3, 0.4) is 0 Å². The summed E-state index contributed by atoms with van der Waals surface area (Å²) in [4.78, 5) is 25.1. The summed E-state index contributed by atoms with van der Waals surface area (Å²) in [5.41, 5.74) is 3.46. The van der Waals surface area contributed by atoms with Crippen molar-refractivity contribution >= 4 is 16.9 Å². The smallest absolute Gasteiger partial charge is 0.254 e. The van der Waals surface area contributed by atoms with Gasteiger partial charge < -0.3 is 9.42 Å². The van der Waals surface area contributed by atoms with E-state index >= 15 is 0 Å². The van der Waals surface area contributed by atoms with Crippen molar-refractivity contribution in [1.29, 1.82) is 0 Å². The van der Waals surface area contributed by atoms with Crippen LogP contribution in [0.15, 0.2) is 71.4 Å². The van der Waals surface area contributed by atoms with E-state index in [2.05, 4.69) is 15.2 Å². The fraction of sp³-hybridized carbons (Fsp3) is 0.250. The molecule has 0 aliphatic carbocycles. The number of hydrogen-bond acceptors (Lipinski definition) is 6. The van der Waals surface area contributed by atoms with E-state index in [1.165, 1.54) is 12.1 Å². The number of carbonyl (C=O) groups is 1. The minimum absolute atomic E-state index is 0.000483. The highest BCUT2D eigenvalue weighted by Gasteiger charge is 2.30. The number of carbonyl (C=O) groups excluding carboxylic acids is 1. The maximum Gasteiger partial charge on any atom is 0.254 e. The van der Waals surface area contributed by atoms with Crippen molar-refractivity contribution in [1.82, 2.24) is 29.8 Å². The van der Waals surface area contributed by atoms with Crippen molar-refractivity contribution in [2.24, 2.45) is 0 Å². The largest absolute Gasteiger partial charge is 0.339 e. The Hall–Kier alpha value is -4.40. The zero-order chi connectivity index (χ0) is 25.4. The lowest BCUT2D eigenvalue weighted by Gasteiger charge is -2.31. The van der Waals surface area contributed by atoms with Gasteiger partial charge in [-0.3, -0.25) is 4.79 Å². The molecule has 0 bridgehead atoms. The zero-order valence-electron chi connectivity index (χ0n) is 20.3. The molecule has 1 atom stereocenters. The first-order chi connectivity index (χ1) is 18.0. The SMILES string of the molecule is Cc1noc(C2CCCN(C(=O)c3cc(-c4ccccc4)nc4c3cnn4Cc3cccc(F)c3)C2)n1. The molecule has 37 heavy (non-hydrogen) atoms. The summed E-state index contributed by atoms with van der Waals surface area (Å²) in [6.45, 7) is 3.27. The van der Waals surface area contributed by atoms with E-state index in [0.29, 0.717) is 53.6 Å². The van der Waals surface area contributed by atoms with Gasteiger partial charge >= 0.3 is 0 Å². The number of fused-ring (bicyclic) bond motifs is 1. The van der Waals surface area contributed by atoms with E-state index in [4.69, 9.17) is 9.51 Å². The van der Waals surface area contributed by atoms with Crippen molar-refractivity contribution in [3.63, 3.8) is 0 Å². The third-order valence-electron chi connectivity index (χ3n) is 6.73. The zero-order valence-corrected chi connectivity index (χ0v) is 20.3. The lowest BCUT2D eigenvalue weighted by Crippen LogP contribution is -2.39. The van der Waals surface area contributed by atoms with Gasteiger partial charge in [-0.15, -0.1) is 0 Å². The van der Waals surface area contributed by atoms with Gasteiger partial charge in [-0.1, -0.05) is 47.6 Å². The van der Waals surface area contributed by atoms with E-state index in [1.807, 2.05) is 47.4 Å². The number of amides is 1. The average molecular weight is 497 g/mol. The highest BCUT2D eigenvalue weighted by atomic mass is 19.1. The Morgan fingerprint density at radius 2 is 1.97 bits per heavy atom. The molecule has 186 valence electrons. The Kier molecular flexibility index (Phi) is 5.96. The Labute approximate surface area is 212 Å². The molecule has 0 spiro atoms. The predicted molar refractivity (Wildman–Crippen MR) is 135 cm³/mol. The second kappa shape index (κ2) is 9.57. The highest BCUT2D eigenvalue weighted by Crippen LogP contribution is 2.30. The summed E-state index contributed by atoms with van der Waals surface area (Å²) in [7, 11) is 0. The van der Waals surface area contributed by atoms with E-state index in [9.17, 15) is 9.18 Å². The fourth-order valence-electron chi connectivity index (χ4n) is 4.92. The summed E-state index contributed by atoms with van der Waals surface area (Å²) in [6.07, 6.45) is 3.40. The van der Waals surface area contributed by atoms with Gasteiger partial charge in [0.05, 0.1) is 35.3 Å². The number of nitrogens with zero attached hydrogens (tertiary/aromatic N) is 6. The Morgan fingerprint density at radius 3 is 2.76 bits per heavy atom. The number of likely N-dealkylation sites (tertiary alicyclic amines) is 1. The van der Waals surface area contributed by atoms with Crippen molar-refractivity contribution in [3.8, 4) is 11.3 Å². The van der Waals surface area contributed by atoms with E-state index < -0.39 is 0 Å². The van der Waals surface area contributed by atoms with Crippen LogP contribution in [0.25, 0.3) is 22.3 Å². The molecule has 1 fully saturated rings. The van der Waals surface area contributed by atoms with Gasteiger partial charge in [0.15, 0.2) is 11.5 Å². The molecule has 1 amide bonds. The molecule has 5 aromatic rings. The van der Waals surface area contributed by atoms with Crippen molar-refractivity contribution in [2.75, 3.05) is 13.1 Å². The van der Waals surface area contributed by atoms with Gasteiger partial charge in [0.1, 0.15) is 5.82 Å². The molecular formula is C28H25FN6O2. The molecule has 1 aliphatic rings. The quantitative estimate of drug-likeness (QED) is 0.340. The standard InChI is InChI=1S/C28H25FN6O2/c1-18-31-27(37-33-18)21-10-6-12-34(17-21)28(36)23-14-25(20-8-3-2-4-9-20)32-26-24(23)15-30-35(26)16-19-7-5-11-22(29)13-19/h2-5,7-9,11,13-15,21H,6,10,12,16-17H2,1H3. The number of aromatic nitrogens is 5. The number of rotatable bonds is 5. The number of hydrogen-bond donors (Lipinski definition) is 0. The molecule has 0 saturated carbocycles. The van der Waals surface area contributed by atoms with Crippen LogP contribution in [0.2, 0.25) is 0 Å². The molecular weight excluding hydrogens is 471 g/mol. The topological polar surface area (TPSA) is 89.9 Å². The molecule has 1 unspecified atom stereocenters. The predicted octanol–water partition coefficient (Wildman–Crippen LogP) is 5.00. The molecule has 0 N–H and O–H groups in total. The fourth-order valence-corrected chi connectivity index (χ4v) is 4.92. The van der Waals surface area contributed by atoms with Gasteiger partial charge in [-0.2, -0.15) is 10.1 Å². The van der Waals surface area contributed by atoms with Gasteiger partial charge in [0.2, 0.25) is 5.89 Å². The first-order valence-electron chi connectivity index (χ1n) is 12.3. The molecule has 9 heteroatoms. The van der Waals surface area contributed by atoms with Crippen LogP contribution >= 0.6 is 0 Å². The lowest BCUT2D eigenvalue weighted by molar-refractivity contribution is 0.0697. The Morgan fingerprint density at radius 1 is 1.11 bits per heavy atom. The summed E-state index contributed by atoms with van der Waals surface area (Å²) >= 11 is 0. The summed E-state index contributed by atoms with van der Waals surface area (Å²) in [6, 6.07) is 18.0. The number of piperidine rings is 1. The Balaban J connectivity index is 1.40. The van der Waals surface area contributed by atoms with E-state index in [1.54, 1.807) is 23.9 Å². The van der Waals surface area contributed by atoms with Crippen LogP contribution in [0.4, 0.5) is 4.39 Å². The summed E-state index contributed by atoms with van der Waals surface area (Å²) in [5.74, 6) is 0.769. The third kappa shape index (κ3) is 4.60. The minimum atomic E-state index is -0.307. The Bertz CT molecular complexity index is 1580. The van der Waals surface area contributed by atoms with Crippen LogP contribution in [-0.2, 0) is 6.54 Å². The van der Waals surface area contributed by atoms with Crippen LogP contribution < -0.4 is 0 Å². The van der Waals surface area contributed by atoms with Crippen molar-refractivity contribution < 1.29 is 13.7 Å². The second-order valence-electron chi connectivity index (χ2n) is 9.36. The lowest BCUT2D eigenvalue weighted by atomic mass is 9.96. The van der Waals surface area contributed by atoms with Crippen LogP contribution in [0.5, 0.6) is 0 Å². The molecule has 1 aliphatic heterocycles. The van der Waals surface area contributed by atoms with E-state index in [0.717, 1.165) is 24.0 Å². The van der Waals surface area contributed by atoms with Crippen LogP contribution in [-0.4, -0.2) is 48.8 Å². The third-order valence-corrected chi connectivity index (χ3v) is 6.73. The van der Waals surface area contributed by atoms with Crippen LogP contribution in [0.1, 0.15) is 46.4 Å². The molecule has 6 rings (SSSR count). The minimum Gasteiger partial charge on any atom is -0.339 e. The van der Waals surface area contributed by atoms with E-state index in [-0.39, 0.29) is 17.6 Å². The maximum absolute atomic E-state index is 13.9. The molecule has 0 radical (unpaired) electrons. The number of halogens is 1. The van der Waals surface area contributed by atoms with Gasteiger partial charge in [-0.25, -0.2) is 14.1 Å². The molecule has 3 aromatic heterocycles. The molecule has 4 heterocycles. The van der Waals surface area contributed by atoms with Gasteiger partial charge in [-0.05, 0) is 43.5 Å². The van der Waals surface area contributed by atoms with Crippen LogP contribution in [0, 0.1) is 12.7 Å². The second-order valence-corrected chi connectivity index (χ2v) is 9.36. The maximum atomic E-state index is 13.9. The molecule has 8 nitrogen and oxygen atoms in total. The molecule has 2 aromatic carbocycles. The monoisotopic (exact) mass is 496 g/mol. The first-order valence-corrected chi connectivity index (χ1v) is 12.3. The summed E-state index contributed by atoms with van der Waals surface area (Å²) < 4.78 is 20.9. The summed E-state index contributed by atoms with van der Waals surface area (Å²) in [5, 5.41) is 9.12. The van der Waals surface area contributed by atoms with Crippen molar-refractivity contribution in [3.05, 3.63) is 95.5 Å². The number of aryl methyl sites for hydroxylation is 1. The molecule has 1 saturated heterocycles. The van der Waals surface area contributed by atoms with Gasteiger partial charge in [0, 0.05) is 18.7 Å². The number of benzene rings is 2. The highest BCUT2D eigenvalue weighted by molar-refractivity contribution is 6.06.